The Kier molecular flexibility index (Phi) is 3.64. The first-order valence-electron chi connectivity index (χ1n) is 3.90. The lowest BCUT2D eigenvalue weighted by Gasteiger charge is -2.05. The summed E-state index contributed by atoms with van der Waals surface area (Å²) in [5, 5.41) is 8.25. The molecular formula is C9H8O6. The van der Waals surface area contributed by atoms with Crippen molar-refractivity contribution in [3.8, 4) is 5.75 Å². The van der Waals surface area contributed by atoms with E-state index in [4.69, 9.17) is 5.11 Å². The topological polar surface area (TPSA) is 82.1 Å². The number of carboxylic acid groups (broad SMARTS) is 1. The van der Waals surface area contributed by atoms with E-state index in [0.29, 0.717) is 0 Å². The molecular weight excluding hydrogens is 204 g/mol. The van der Waals surface area contributed by atoms with Gasteiger partial charge < -0.3 is 14.7 Å². The highest BCUT2D eigenvalue weighted by Crippen LogP contribution is 2.18. The third-order valence-electron chi connectivity index (χ3n) is 1.46. The summed E-state index contributed by atoms with van der Waals surface area (Å²) >= 11 is 0. The molecule has 0 radical (unpaired) electrons. The summed E-state index contributed by atoms with van der Waals surface area (Å²) < 4.78 is 3.97. The molecule has 0 saturated heterocycles. The largest absolute Gasteiger partial charge is 0.513 e. The molecule has 0 saturated carbocycles. The van der Waals surface area contributed by atoms with Crippen LogP contribution in [0.25, 0.3) is 0 Å². The first-order chi connectivity index (χ1) is 7.15. The molecule has 1 rings (SSSR count). The zero-order valence-electron chi connectivity index (χ0n) is 7.80. The minimum Gasteiger partial charge on any atom is -0.449 e. The molecule has 0 heterocycles. The lowest BCUT2D eigenvalue weighted by molar-refractivity contribution is -0.178. The Hall–Kier alpha value is -2.08. The van der Waals surface area contributed by atoms with Crippen LogP contribution in [0, 0.1) is 0 Å². The maximum absolute atomic E-state index is 11.2. The van der Waals surface area contributed by atoms with Crippen molar-refractivity contribution in [2.75, 3.05) is 7.11 Å². The SMILES string of the molecule is COOc1ccccc1C(=O)OC(=O)O. The number of esters is 1. The molecule has 0 bridgehead atoms. The number of rotatable bonds is 3. The maximum atomic E-state index is 11.2. The van der Waals surface area contributed by atoms with Crippen molar-refractivity contribution < 1.29 is 29.2 Å². The second-order valence-corrected chi connectivity index (χ2v) is 2.40. The number of hydrogen-bond acceptors (Lipinski definition) is 5. The lowest BCUT2D eigenvalue weighted by Crippen LogP contribution is -2.11. The van der Waals surface area contributed by atoms with Gasteiger partial charge in [-0.3, -0.25) is 0 Å². The molecule has 1 aromatic carbocycles. The summed E-state index contributed by atoms with van der Waals surface area (Å²) in [5.74, 6) is -0.929. The highest BCUT2D eigenvalue weighted by atomic mass is 17.2. The number of carbonyl (C=O) groups excluding carboxylic acids is 1. The molecule has 6 nitrogen and oxygen atoms in total. The normalized spacial score (nSPS) is 9.40. The number of hydrogen-bond donors (Lipinski definition) is 1. The third kappa shape index (κ3) is 2.96. The van der Waals surface area contributed by atoms with Crippen LogP contribution in [0.1, 0.15) is 10.4 Å². The Morgan fingerprint density at radius 1 is 1.27 bits per heavy atom. The van der Waals surface area contributed by atoms with Crippen LogP contribution in [0.5, 0.6) is 5.75 Å². The van der Waals surface area contributed by atoms with Gasteiger partial charge in [-0.05, 0) is 12.1 Å². The van der Waals surface area contributed by atoms with Crippen LogP contribution in [0.2, 0.25) is 0 Å². The van der Waals surface area contributed by atoms with Gasteiger partial charge in [-0.25, -0.2) is 9.59 Å². The Bertz CT molecular complexity index is 373. The molecule has 0 aromatic heterocycles. The van der Waals surface area contributed by atoms with Crippen molar-refractivity contribution in [3.63, 3.8) is 0 Å². The Morgan fingerprint density at radius 3 is 2.53 bits per heavy atom. The summed E-state index contributed by atoms with van der Waals surface area (Å²) in [6.07, 6.45) is -1.67. The van der Waals surface area contributed by atoms with E-state index in [-0.39, 0.29) is 11.3 Å². The van der Waals surface area contributed by atoms with Crippen molar-refractivity contribution in [1.29, 1.82) is 0 Å². The standard InChI is InChI=1S/C9H8O6/c1-13-15-7-5-3-2-4-6(7)8(10)14-9(11)12/h2-5H,1H3,(H,11,12). The molecule has 0 amide bonds. The van der Waals surface area contributed by atoms with Crippen LogP contribution in [0.3, 0.4) is 0 Å². The van der Waals surface area contributed by atoms with E-state index in [1.54, 1.807) is 12.1 Å². The van der Waals surface area contributed by atoms with E-state index in [1.165, 1.54) is 19.2 Å². The monoisotopic (exact) mass is 212 g/mol. The third-order valence-corrected chi connectivity index (χ3v) is 1.46. The van der Waals surface area contributed by atoms with Crippen LogP contribution in [-0.4, -0.2) is 24.3 Å². The average Bonchev–Trinajstić information content (AvgIpc) is 2.18. The van der Waals surface area contributed by atoms with Crippen molar-refractivity contribution >= 4 is 12.1 Å². The Labute approximate surface area is 84.9 Å². The summed E-state index contributed by atoms with van der Waals surface area (Å²) in [6, 6.07) is 5.95. The molecule has 1 N–H and O–H groups in total. The average molecular weight is 212 g/mol. The molecule has 15 heavy (non-hydrogen) atoms. The van der Waals surface area contributed by atoms with E-state index in [9.17, 15) is 9.59 Å². The van der Waals surface area contributed by atoms with Gasteiger partial charge in [0.15, 0.2) is 5.75 Å². The molecule has 0 atom stereocenters. The molecule has 0 aliphatic rings. The quantitative estimate of drug-likeness (QED) is 0.353. The summed E-state index contributed by atoms with van der Waals surface area (Å²) in [5.41, 5.74) is -0.0262. The fourth-order valence-electron chi connectivity index (χ4n) is 0.932. The number of carbonyl (C=O) groups is 2. The maximum Gasteiger partial charge on any atom is 0.513 e. The zero-order chi connectivity index (χ0) is 11.3. The van der Waals surface area contributed by atoms with Crippen LogP contribution < -0.4 is 4.89 Å². The molecule has 6 heteroatoms. The predicted octanol–water partition coefficient (Wildman–Crippen LogP) is 1.46. The van der Waals surface area contributed by atoms with E-state index in [1.807, 2.05) is 0 Å². The minimum absolute atomic E-state index is 0.0262. The van der Waals surface area contributed by atoms with Gasteiger partial charge in [-0.15, -0.1) is 0 Å². The van der Waals surface area contributed by atoms with Gasteiger partial charge in [0.1, 0.15) is 5.56 Å². The smallest absolute Gasteiger partial charge is 0.449 e. The fourth-order valence-corrected chi connectivity index (χ4v) is 0.932. The predicted molar refractivity (Wildman–Crippen MR) is 47.5 cm³/mol. The Balaban J connectivity index is 2.91. The van der Waals surface area contributed by atoms with E-state index in [0.717, 1.165) is 0 Å². The van der Waals surface area contributed by atoms with Crippen LogP contribution in [0.4, 0.5) is 4.79 Å². The summed E-state index contributed by atoms with van der Waals surface area (Å²) in [7, 11) is 1.26. The number of ether oxygens (including phenoxy) is 1. The molecule has 0 aliphatic heterocycles. The zero-order valence-corrected chi connectivity index (χ0v) is 7.80. The molecule has 0 aliphatic carbocycles. The van der Waals surface area contributed by atoms with Crippen molar-refractivity contribution in [3.05, 3.63) is 29.8 Å². The number of para-hydroxylation sites is 1. The molecule has 1 aromatic rings. The lowest BCUT2D eigenvalue weighted by atomic mass is 10.2. The van der Waals surface area contributed by atoms with E-state index in [2.05, 4.69) is 14.5 Å². The van der Waals surface area contributed by atoms with Crippen molar-refractivity contribution in [1.82, 2.24) is 0 Å². The van der Waals surface area contributed by atoms with Crippen LogP contribution >= 0.6 is 0 Å². The molecule has 0 spiro atoms. The second kappa shape index (κ2) is 4.97. The van der Waals surface area contributed by atoms with Gasteiger partial charge in [-0.2, -0.15) is 4.89 Å². The fraction of sp³-hybridized carbons (Fsp3) is 0.111. The molecule has 0 unspecified atom stereocenters. The van der Waals surface area contributed by atoms with E-state index < -0.39 is 12.1 Å². The molecule has 0 fully saturated rings. The van der Waals surface area contributed by atoms with Gasteiger partial charge in [0.2, 0.25) is 0 Å². The van der Waals surface area contributed by atoms with Crippen molar-refractivity contribution in [2.45, 2.75) is 0 Å². The number of benzene rings is 1. The molecule has 80 valence electrons. The van der Waals surface area contributed by atoms with Crippen LogP contribution in [-0.2, 0) is 9.62 Å². The van der Waals surface area contributed by atoms with E-state index >= 15 is 0 Å². The highest BCUT2D eigenvalue weighted by Gasteiger charge is 2.16. The Morgan fingerprint density at radius 2 is 1.93 bits per heavy atom. The minimum atomic E-state index is -1.67. The van der Waals surface area contributed by atoms with Crippen LogP contribution in [0.15, 0.2) is 24.3 Å². The second-order valence-electron chi connectivity index (χ2n) is 2.40. The van der Waals surface area contributed by atoms with Gasteiger partial charge in [-0.1, -0.05) is 12.1 Å². The first kappa shape index (κ1) is 11.0. The van der Waals surface area contributed by atoms with Crippen molar-refractivity contribution in [2.24, 2.45) is 0 Å². The van der Waals surface area contributed by atoms with Gasteiger partial charge in [0.05, 0.1) is 7.11 Å². The highest BCUT2D eigenvalue weighted by molar-refractivity contribution is 5.97. The van der Waals surface area contributed by atoms with Gasteiger partial charge in [0, 0.05) is 0 Å². The van der Waals surface area contributed by atoms with Gasteiger partial charge >= 0.3 is 12.1 Å². The van der Waals surface area contributed by atoms with Gasteiger partial charge in [0.25, 0.3) is 0 Å². The summed E-state index contributed by atoms with van der Waals surface area (Å²) in [6.45, 7) is 0. The first-order valence-corrected chi connectivity index (χ1v) is 3.90. The summed E-state index contributed by atoms with van der Waals surface area (Å²) in [4.78, 5) is 30.4.